The maximum Gasteiger partial charge on any atom is 0.262 e. The van der Waals surface area contributed by atoms with Gasteiger partial charge in [-0.2, -0.15) is 0 Å². The average molecular weight is 385 g/mol. The van der Waals surface area contributed by atoms with Crippen LogP contribution in [0, 0.1) is 6.92 Å². The number of nitrogens with two attached hydrogens (primary N) is 1. The third kappa shape index (κ3) is 3.94. The Morgan fingerprint density at radius 1 is 1.33 bits per heavy atom. The molecule has 6 nitrogen and oxygen atoms in total. The summed E-state index contributed by atoms with van der Waals surface area (Å²) in [5.74, 6) is -0.0379. The summed E-state index contributed by atoms with van der Waals surface area (Å²) in [5.41, 5.74) is 8.56. The summed E-state index contributed by atoms with van der Waals surface area (Å²) in [6, 6.07) is 8.06. The molecule has 3 rings (SSSR count). The molecule has 0 fully saturated rings. The van der Waals surface area contributed by atoms with Crippen molar-refractivity contribution in [2.75, 3.05) is 13.6 Å². The van der Waals surface area contributed by atoms with E-state index in [2.05, 4.69) is 4.98 Å². The topological polar surface area (TPSA) is 81.2 Å². The summed E-state index contributed by atoms with van der Waals surface area (Å²) in [6.07, 6.45) is 1.76. The van der Waals surface area contributed by atoms with E-state index in [4.69, 9.17) is 5.73 Å². The monoisotopic (exact) mass is 384 g/mol. The van der Waals surface area contributed by atoms with Gasteiger partial charge in [0.15, 0.2) is 0 Å². The van der Waals surface area contributed by atoms with Gasteiger partial charge in [-0.25, -0.2) is 4.98 Å². The quantitative estimate of drug-likeness (QED) is 0.708. The molecule has 142 valence electrons. The standard InChI is InChI=1S/C20H24N4O2S/c1-13-4-6-15(7-5-13)16-11-27-19-18(16)20(26)24(12-22-19)9-8-17(25)23(3)14(2)10-21/h4-7,11-12,14H,8-10,21H2,1-3H3. The number of nitrogens with zero attached hydrogens (tertiary/aromatic N) is 3. The first-order valence-corrected chi connectivity index (χ1v) is 9.79. The third-order valence-electron chi connectivity index (χ3n) is 4.89. The van der Waals surface area contributed by atoms with Crippen LogP contribution >= 0.6 is 11.3 Å². The number of rotatable bonds is 6. The van der Waals surface area contributed by atoms with Crippen LogP contribution in [-0.4, -0.2) is 40.0 Å². The minimum atomic E-state index is -0.112. The van der Waals surface area contributed by atoms with Crippen molar-refractivity contribution in [1.82, 2.24) is 14.5 Å². The molecule has 1 aromatic carbocycles. The number of benzene rings is 1. The lowest BCUT2D eigenvalue weighted by Gasteiger charge is -2.23. The zero-order chi connectivity index (χ0) is 19.6. The van der Waals surface area contributed by atoms with E-state index in [0.717, 1.165) is 11.1 Å². The van der Waals surface area contributed by atoms with Crippen LogP contribution in [0.5, 0.6) is 0 Å². The number of likely N-dealkylation sites (N-methyl/N-ethyl adjacent to an activating group) is 1. The molecule has 3 aromatic rings. The molecule has 0 aliphatic carbocycles. The first-order valence-electron chi connectivity index (χ1n) is 8.91. The predicted octanol–water partition coefficient (Wildman–Crippen LogP) is 2.63. The van der Waals surface area contributed by atoms with E-state index in [-0.39, 0.29) is 23.9 Å². The van der Waals surface area contributed by atoms with Gasteiger partial charge in [-0.3, -0.25) is 14.2 Å². The Labute approximate surface area is 162 Å². The smallest absolute Gasteiger partial charge is 0.262 e. The fraction of sp³-hybridized carbons (Fsp3) is 0.350. The second-order valence-corrected chi connectivity index (χ2v) is 7.64. The lowest BCUT2D eigenvalue weighted by atomic mass is 10.1. The number of aromatic nitrogens is 2. The van der Waals surface area contributed by atoms with E-state index in [1.165, 1.54) is 27.8 Å². The van der Waals surface area contributed by atoms with Crippen LogP contribution in [-0.2, 0) is 11.3 Å². The van der Waals surface area contributed by atoms with Crippen LogP contribution in [0.25, 0.3) is 21.3 Å². The number of hydrogen-bond acceptors (Lipinski definition) is 5. The number of carbonyl (C=O) groups excluding carboxylic acids is 1. The van der Waals surface area contributed by atoms with Crippen molar-refractivity contribution >= 4 is 27.5 Å². The number of aryl methyl sites for hydroxylation is 2. The molecule has 0 radical (unpaired) electrons. The summed E-state index contributed by atoms with van der Waals surface area (Å²) in [4.78, 5) is 32.1. The average Bonchev–Trinajstić information content (AvgIpc) is 3.11. The molecule has 0 spiro atoms. The summed E-state index contributed by atoms with van der Waals surface area (Å²) in [7, 11) is 1.73. The van der Waals surface area contributed by atoms with Crippen LogP contribution in [0.1, 0.15) is 18.9 Å². The molecule has 0 aliphatic heterocycles. The van der Waals surface area contributed by atoms with E-state index in [9.17, 15) is 9.59 Å². The SMILES string of the molecule is Cc1ccc(-c2csc3ncn(CCC(=O)N(C)C(C)CN)c(=O)c23)cc1. The molecule has 1 unspecified atom stereocenters. The van der Waals surface area contributed by atoms with Crippen molar-refractivity contribution in [3.05, 3.63) is 51.9 Å². The molecular weight excluding hydrogens is 360 g/mol. The molecule has 2 aromatic heterocycles. The normalized spacial score (nSPS) is 12.3. The number of amides is 1. The van der Waals surface area contributed by atoms with Gasteiger partial charge in [0.25, 0.3) is 5.56 Å². The Bertz CT molecular complexity index is 1010. The fourth-order valence-corrected chi connectivity index (χ4v) is 3.78. The van der Waals surface area contributed by atoms with E-state index >= 15 is 0 Å². The minimum absolute atomic E-state index is 0.0279. The van der Waals surface area contributed by atoms with Crippen molar-refractivity contribution in [3.63, 3.8) is 0 Å². The predicted molar refractivity (Wildman–Crippen MR) is 110 cm³/mol. The van der Waals surface area contributed by atoms with E-state index in [0.29, 0.717) is 23.3 Å². The van der Waals surface area contributed by atoms with Crippen LogP contribution in [0.3, 0.4) is 0 Å². The Hall–Kier alpha value is -2.51. The first-order chi connectivity index (χ1) is 12.9. The fourth-order valence-electron chi connectivity index (χ4n) is 2.87. The minimum Gasteiger partial charge on any atom is -0.342 e. The largest absolute Gasteiger partial charge is 0.342 e. The number of thiophene rings is 1. The number of hydrogen-bond donors (Lipinski definition) is 1. The highest BCUT2D eigenvalue weighted by Gasteiger charge is 2.16. The molecule has 1 atom stereocenters. The highest BCUT2D eigenvalue weighted by atomic mass is 32.1. The Morgan fingerprint density at radius 3 is 2.70 bits per heavy atom. The van der Waals surface area contributed by atoms with E-state index in [1.54, 1.807) is 11.9 Å². The lowest BCUT2D eigenvalue weighted by molar-refractivity contribution is -0.131. The number of carbonyl (C=O) groups is 1. The summed E-state index contributed by atoms with van der Waals surface area (Å²) in [6.45, 7) is 4.64. The van der Waals surface area contributed by atoms with Gasteiger partial charge in [-0.15, -0.1) is 11.3 Å². The molecule has 27 heavy (non-hydrogen) atoms. The highest BCUT2D eigenvalue weighted by Crippen LogP contribution is 2.30. The van der Waals surface area contributed by atoms with Crippen LogP contribution < -0.4 is 11.3 Å². The third-order valence-corrected chi connectivity index (χ3v) is 5.77. The van der Waals surface area contributed by atoms with E-state index in [1.807, 2.05) is 43.5 Å². The second-order valence-electron chi connectivity index (χ2n) is 6.78. The summed E-state index contributed by atoms with van der Waals surface area (Å²) < 4.78 is 1.52. The van der Waals surface area contributed by atoms with Crippen molar-refractivity contribution in [1.29, 1.82) is 0 Å². The number of fused-ring (bicyclic) bond motifs is 1. The molecule has 0 bridgehead atoms. The van der Waals surface area contributed by atoms with Gasteiger partial charge in [-0.1, -0.05) is 29.8 Å². The zero-order valence-corrected chi connectivity index (χ0v) is 16.6. The van der Waals surface area contributed by atoms with Gasteiger partial charge in [0.1, 0.15) is 4.83 Å². The van der Waals surface area contributed by atoms with Crippen molar-refractivity contribution < 1.29 is 4.79 Å². The maximum atomic E-state index is 13.0. The van der Waals surface area contributed by atoms with Crippen molar-refractivity contribution in [2.45, 2.75) is 32.9 Å². The summed E-state index contributed by atoms with van der Waals surface area (Å²) in [5, 5.41) is 2.58. The van der Waals surface area contributed by atoms with Gasteiger partial charge in [0.2, 0.25) is 5.91 Å². The molecule has 0 saturated carbocycles. The van der Waals surface area contributed by atoms with Gasteiger partial charge in [0, 0.05) is 43.5 Å². The molecule has 2 N–H and O–H groups in total. The Morgan fingerprint density at radius 2 is 2.04 bits per heavy atom. The molecule has 0 saturated heterocycles. The van der Waals surface area contributed by atoms with Crippen LogP contribution in [0.15, 0.2) is 40.8 Å². The molecule has 0 aliphatic rings. The van der Waals surface area contributed by atoms with Crippen LogP contribution in [0.4, 0.5) is 0 Å². The van der Waals surface area contributed by atoms with Gasteiger partial charge >= 0.3 is 0 Å². The van der Waals surface area contributed by atoms with E-state index < -0.39 is 0 Å². The van der Waals surface area contributed by atoms with Gasteiger partial charge < -0.3 is 10.6 Å². The highest BCUT2D eigenvalue weighted by molar-refractivity contribution is 7.17. The van der Waals surface area contributed by atoms with Crippen LogP contribution in [0.2, 0.25) is 0 Å². The zero-order valence-electron chi connectivity index (χ0n) is 15.8. The lowest BCUT2D eigenvalue weighted by Crippen LogP contribution is -2.40. The maximum absolute atomic E-state index is 13.0. The van der Waals surface area contributed by atoms with Gasteiger partial charge in [0.05, 0.1) is 11.7 Å². The molecule has 1 amide bonds. The second kappa shape index (κ2) is 8.02. The van der Waals surface area contributed by atoms with Gasteiger partial charge in [-0.05, 0) is 19.4 Å². The molecule has 7 heteroatoms. The Kier molecular flexibility index (Phi) is 5.72. The molecule has 2 heterocycles. The first kappa shape index (κ1) is 19.3. The molecular formula is C20H24N4O2S. The van der Waals surface area contributed by atoms with Crippen molar-refractivity contribution in [3.8, 4) is 11.1 Å². The van der Waals surface area contributed by atoms with Crippen molar-refractivity contribution in [2.24, 2.45) is 5.73 Å². The Balaban J connectivity index is 1.89. The summed E-state index contributed by atoms with van der Waals surface area (Å²) >= 11 is 1.46.